The minimum atomic E-state index is -2.25. The van der Waals surface area contributed by atoms with Gasteiger partial charge < -0.3 is 13.0 Å². The third-order valence-electron chi connectivity index (χ3n) is 4.63. The Morgan fingerprint density at radius 1 is 0.654 bits per heavy atom. The van der Waals surface area contributed by atoms with Gasteiger partial charge in [0.25, 0.3) is 0 Å². The molecule has 26 heavy (non-hydrogen) atoms. The van der Waals surface area contributed by atoms with E-state index in [9.17, 15) is 0 Å². The first-order valence-corrected chi connectivity index (χ1v) is 22.0. The molecule has 3 atom stereocenters. The summed E-state index contributed by atoms with van der Waals surface area (Å²) in [6.07, 6.45) is 0. The molecular formula is C19H40O3Si4. The highest BCUT2D eigenvalue weighted by atomic mass is 28.4. The molecule has 0 radical (unpaired) electrons. The molecule has 0 spiro atoms. The van der Waals surface area contributed by atoms with E-state index in [1.54, 1.807) is 0 Å². The van der Waals surface area contributed by atoms with Gasteiger partial charge in [-0.25, -0.2) is 0 Å². The highest BCUT2D eigenvalue weighted by molar-refractivity contribution is 6.94. The molecule has 150 valence electrons. The summed E-state index contributed by atoms with van der Waals surface area (Å²) in [7, 11) is -7.56. The van der Waals surface area contributed by atoms with E-state index in [0.29, 0.717) is 0 Å². The Labute approximate surface area is 166 Å². The summed E-state index contributed by atoms with van der Waals surface area (Å²) in [4.78, 5) is 0. The molecule has 0 aromatic heterocycles. The van der Waals surface area contributed by atoms with Crippen molar-refractivity contribution in [2.75, 3.05) is 0 Å². The van der Waals surface area contributed by atoms with Crippen LogP contribution >= 0.6 is 0 Å². The second-order valence-electron chi connectivity index (χ2n) is 9.92. The van der Waals surface area contributed by atoms with Gasteiger partial charge in [0, 0.05) is 0 Å². The SMILES string of the molecule is CC(O[Si](C)(C)[C@@H](C)O[Si](C)(C)C)[Si](C)(O[Si](C)(C)C)c1ccccc1. The Morgan fingerprint density at radius 2 is 1.15 bits per heavy atom. The molecule has 0 heterocycles. The van der Waals surface area contributed by atoms with Gasteiger partial charge in [0.1, 0.15) is 0 Å². The van der Waals surface area contributed by atoms with Crippen LogP contribution in [0.15, 0.2) is 30.3 Å². The summed E-state index contributed by atoms with van der Waals surface area (Å²) in [6, 6.07) is 10.7. The standard InChI is InChI=1S/C19H40O3Si4/c1-17(20-23(3,4)5)25(9,10)21-18(2)26(11,22-24(6,7)8)19-15-13-12-14-16-19/h12-18H,1-11H3/t17-,18?,26?/m0/s1. The first-order valence-electron chi connectivity index (χ1n) is 9.68. The zero-order valence-electron chi connectivity index (χ0n) is 18.8. The predicted molar refractivity (Wildman–Crippen MR) is 124 cm³/mol. The van der Waals surface area contributed by atoms with Crippen LogP contribution in [0.5, 0.6) is 0 Å². The fraction of sp³-hybridized carbons (Fsp3) is 0.684. The van der Waals surface area contributed by atoms with Gasteiger partial charge in [-0.3, -0.25) is 0 Å². The van der Waals surface area contributed by atoms with E-state index in [4.69, 9.17) is 13.0 Å². The number of benzene rings is 1. The highest BCUT2D eigenvalue weighted by Crippen LogP contribution is 2.26. The van der Waals surface area contributed by atoms with Gasteiger partial charge in [-0.1, -0.05) is 30.3 Å². The van der Waals surface area contributed by atoms with Crippen molar-refractivity contribution in [2.45, 2.75) is 84.2 Å². The van der Waals surface area contributed by atoms with Crippen molar-refractivity contribution in [2.24, 2.45) is 0 Å². The van der Waals surface area contributed by atoms with E-state index in [2.05, 4.69) is 103 Å². The van der Waals surface area contributed by atoms with Crippen LogP contribution in [-0.2, 0) is 13.0 Å². The topological polar surface area (TPSA) is 27.7 Å². The van der Waals surface area contributed by atoms with E-state index < -0.39 is 33.3 Å². The first kappa shape index (κ1) is 24.0. The average molecular weight is 429 g/mol. The van der Waals surface area contributed by atoms with Crippen molar-refractivity contribution in [3.05, 3.63) is 30.3 Å². The van der Waals surface area contributed by atoms with Crippen LogP contribution in [0.1, 0.15) is 13.8 Å². The van der Waals surface area contributed by atoms with Gasteiger partial charge in [0.05, 0.1) is 11.5 Å². The molecule has 7 heteroatoms. The fourth-order valence-corrected chi connectivity index (χ4v) is 16.8. The molecular weight excluding hydrogens is 389 g/mol. The van der Waals surface area contributed by atoms with Crippen LogP contribution in [0.25, 0.3) is 0 Å². The van der Waals surface area contributed by atoms with Gasteiger partial charge in [-0.05, 0) is 78.0 Å². The molecule has 0 fully saturated rings. The van der Waals surface area contributed by atoms with Crippen molar-refractivity contribution < 1.29 is 13.0 Å². The van der Waals surface area contributed by atoms with E-state index in [1.165, 1.54) is 5.19 Å². The fourth-order valence-electron chi connectivity index (χ4n) is 3.12. The molecule has 0 bridgehead atoms. The smallest absolute Gasteiger partial charge is 0.236 e. The lowest BCUT2D eigenvalue weighted by molar-refractivity contribution is 0.199. The van der Waals surface area contributed by atoms with Gasteiger partial charge in [0.2, 0.25) is 16.6 Å². The molecule has 0 saturated carbocycles. The number of hydrogen-bond donors (Lipinski definition) is 0. The largest absolute Gasteiger partial charge is 0.451 e. The van der Waals surface area contributed by atoms with Crippen LogP contribution in [0.3, 0.4) is 0 Å². The third kappa shape index (κ3) is 7.18. The summed E-state index contributed by atoms with van der Waals surface area (Å²) in [5.74, 6) is 0. The van der Waals surface area contributed by atoms with Gasteiger partial charge >= 0.3 is 0 Å². The lowest BCUT2D eigenvalue weighted by atomic mass is 10.4. The molecule has 0 saturated heterocycles. The van der Waals surface area contributed by atoms with Gasteiger partial charge in [0.15, 0.2) is 16.6 Å². The molecule has 1 aromatic rings. The molecule has 0 N–H and O–H groups in total. The summed E-state index contributed by atoms with van der Waals surface area (Å²) in [5.41, 5.74) is 0.267. The Hall–Kier alpha value is -0.0325. The first-order chi connectivity index (χ1) is 11.6. The second-order valence-corrected chi connectivity index (χ2v) is 27.3. The Bertz CT molecular complexity index is 566. The van der Waals surface area contributed by atoms with Crippen molar-refractivity contribution >= 4 is 38.5 Å². The monoisotopic (exact) mass is 428 g/mol. The maximum absolute atomic E-state index is 6.84. The second kappa shape index (κ2) is 8.55. The van der Waals surface area contributed by atoms with E-state index in [-0.39, 0.29) is 11.5 Å². The van der Waals surface area contributed by atoms with Crippen LogP contribution in [-0.4, -0.2) is 44.7 Å². The molecule has 3 nitrogen and oxygen atoms in total. The minimum Gasteiger partial charge on any atom is -0.451 e. The summed E-state index contributed by atoms with van der Waals surface area (Å²) in [5, 5.41) is 1.32. The normalized spacial score (nSPS) is 18.3. The summed E-state index contributed by atoms with van der Waals surface area (Å²) >= 11 is 0. The number of hydrogen-bond acceptors (Lipinski definition) is 3. The van der Waals surface area contributed by atoms with Crippen molar-refractivity contribution in [1.29, 1.82) is 0 Å². The number of rotatable bonds is 9. The molecule has 0 amide bonds. The van der Waals surface area contributed by atoms with Gasteiger partial charge in [-0.15, -0.1) is 0 Å². The predicted octanol–water partition coefficient (Wildman–Crippen LogP) is 5.25. The molecule has 2 unspecified atom stereocenters. The van der Waals surface area contributed by atoms with Gasteiger partial charge in [-0.2, -0.15) is 0 Å². The van der Waals surface area contributed by atoms with Crippen molar-refractivity contribution in [3.8, 4) is 0 Å². The zero-order valence-corrected chi connectivity index (χ0v) is 22.8. The molecule has 1 aromatic carbocycles. The van der Waals surface area contributed by atoms with Crippen molar-refractivity contribution in [3.63, 3.8) is 0 Å². The minimum absolute atomic E-state index is 0.0889. The Balaban J connectivity index is 3.11. The Kier molecular flexibility index (Phi) is 7.89. The van der Waals surface area contributed by atoms with Crippen LogP contribution in [0.2, 0.25) is 58.9 Å². The van der Waals surface area contributed by atoms with Crippen LogP contribution in [0.4, 0.5) is 0 Å². The average Bonchev–Trinajstić information content (AvgIpc) is 2.44. The quantitative estimate of drug-likeness (QED) is 0.503. The maximum Gasteiger partial charge on any atom is 0.236 e. The maximum atomic E-state index is 6.84. The molecule has 1 rings (SSSR count). The van der Waals surface area contributed by atoms with Crippen LogP contribution in [0, 0.1) is 0 Å². The molecule has 0 aliphatic heterocycles. The lowest BCUT2D eigenvalue weighted by Crippen LogP contribution is -2.65. The van der Waals surface area contributed by atoms with E-state index in [0.717, 1.165) is 0 Å². The molecule has 0 aliphatic carbocycles. The summed E-state index contributed by atoms with van der Waals surface area (Å²) in [6.45, 7) is 24.8. The van der Waals surface area contributed by atoms with Crippen LogP contribution < -0.4 is 5.19 Å². The van der Waals surface area contributed by atoms with E-state index in [1.807, 2.05) is 0 Å². The summed E-state index contributed by atoms with van der Waals surface area (Å²) < 4.78 is 20.0. The highest BCUT2D eigenvalue weighted by Gasteiger charge is 2.46. The zero-order chi connectivity index (χ0) is 20.4. The third-order valence-corrected chi connectivity index (χ3v) is 16.5. The van der Waals surface area contributed by atoms with E-state index >= 15 is 0 Å². The molecule has 0 aliphatic rings. The lowest BCUT2D eigenvalue weighted by Gasteiger charge is -2.43. The Morgan fingerprint density at radius 3 is 1.58 bits per heavy atom. The van der Waals surface area contributed by atoms with Crippen molar-refractivity contribution in [1.82, 2.24) is 0 Å².